The van der Waals surface area contributed by atoms with Crippen LogP contribution in [0.5, 0.6) is 0 Å². The van der Waals surface area contributed by atoms with Gasteiger partial charge in [0.2, 0.25) is 0 Å². The van der Waals surface area contributed by atoms with Gasteiger partial charge in [0, 0.05) is 32.4 Å². The van der Waals surface area contributed by atoms with E-state index in [-0.39, 0.29) is 0 Å². The number of fused-ring (bicyclic) bond motifs is 1. The van der Waals surface area contributed by atoms with Gasteiger partial charge in [0.05, 0.1) is 11.8 Å². The zero-order valence-corrected chi connectivity index (χ0v) is 13.2. The first-order chi connectivity index (χ1) is 10.2. The summed E-state index contributed by atoms with van der Waals surface area (Å²) in [6.07, 6.45) is 6.30. The quantitative estimate of drug-likeness (QED) is 0.936. The van der Waals surface area contributed by atoms with Gasteiger partial charge < -0.3 is 14.8 Å². The van der Waals surface area contributed by atoms with Gasteiger partial charge in [-0.1, -0.05) is 6.92 Å². The molecule has 1 saturated heterocycles. The lowest BCUT2D eigenvalue weighted by Crippen LogP contribution is -2.44. The number of nitrogens with one attached hydrogen (secondary N) is 1. The van der Waals surface area contributed by atoms with Gasteiger partial charge in [-0.2, -0.15) is 0 Å². The van der Waals surface area contributed by atoms with E-state index in [4.69, 9.17) is 0 Å². The Balaban J connectivity index is 1.85. The number of rotatable bonds is 4. The summed E-state index contributed by atoms with van der Waals surface area (Å²) in [5.74, 6) is 1.72. The third-order valence-electron chi connectivity index (χ3n) is 4.61. The maximum Gasteiger partial charge on any atom is 0.156 e. The molecule has 114 valence electrons. The molecule has 3 rings (SSSR count). The fourth-order valence-electron chi connectivity index (χ4n) is 3.38. The molecule has 1 aliphatic heterocycles. The van der Waals surface area contributed by atoms with Crippen LogP contribution in [0.4, 0.5) is 5.82 Å². The van der Waals surface area contributed by atoms with Gasteiger partial charge in [-0.3, -0.25) is 0 Å². The molecule has 0 saturated carbocycles. The Kier molecular flexibility index (Phi) is 4.10. The van der Waals surface area contributed by atoms with Crippen LogP contribution >= 0.6 is 0 Å². The molecule has 5 nitrogen and oxygen atoms in total. The van der Waals surface area contributed by atoms with Crippen molar-refractivity contribution in [3.05, 3.63) is 18.6 Å². The Morgan fingerprint density at radius 1 is 1.43 bits per heavy atom. The Hall–Kier alpha value is -1.62. The number of piperidine rings is 1. The van der Waals surface area contributed by atoms with E-state index in [0.29, 0.717) is 12.0 Å². The van der Waals surface area contributed by atoms with Crippen LogP contribution in [0.1, 0.15) is 26.7 Å². The highest BCUT2D eigenvalue weighted by Crippen LogP contribution is 2.28. The summed E-state index contributed by atoms with van der Waals surface area (Å²) in [5, 5.41) is 3.56. The van der Waals surface area contributed by atoms with Crippen molar-refractivity contribution in [2.75, 3.05) is 24.5 Å². The van der Waals surface area contributed by atoms with Crippen molar-refractivity contribution in [1.82, 2.24) is 19.9 Å². The molecule has 0 aromatic carbocycles. The van der Waals surface area contributed by atoms with Gasteiger partial charge in [-0.05, 0) is 38.3 Å². The van der Waals surface area contributed by atoms with Crippen LogP contribution in [0.25, 0.3) is 11.0 Å². The van der Waals surface area contributed by atoms with Crippen molar-refractivity contribution in [1.29, 1.82) is 0 Å². The van der Waals surface area contributed by atoms with E-state index < -0.39 is 0 Å². The van der Waals surface area contributed by atoms with Gasteiger partial charge in [-0.15, -0.1) is 0 Å². The highest BCUT2D eigenvalue weighted by Gasteiger charge is 2.26. The van der Waals surface area contributed by atoms with Crippen molar-refractivity contribution in [3.63, 3.8) is 0 Å². The lowest BCUT2D eigenvalue weighted by atomic mass is 9.91. The molecule has 3 heterocycles. The molecule has 2 aromatic rings. The lowest BCUT2D eigenvalue weighted by Gasteiger charge is -2.36. The number of pyridine rings is 1. The molecule has 21 heavy (non-hydrogen) atoms. The smallest absolute Gasteiger partial charge is 0.156 e. The van der Waals surface area contributed by atoms with E-state index in [9.17, 15) is 0 Å². The van der Waals surface area contributed by atoms with Crippen molar-refractivity contribution in [2.24, 2.45) is 13.0 Å². The first-order valence-electron chi connectivity index (χ1n) is 7.95. The molecule has 0 amide bonds. The molecular weight excluding hydrogens is 262 g/mol. The van der Waals surface area contributed by atoms with Crippen LogP contribution in [0.3, 0.4) is 0 Å². The minimum absolute atomic E-state index is 0.556. The number of anilines is 1. The Labute approximate surface area is 126 Å². The zero-order valence-electron chi connectivity index (χ0n) is 13.2. The number of nitrogens with zero attached hydrogens (tertiary/aromatic N) is 4. The molecule has 2 unspecified atom stereocenters. The molecule has 1 N–H and O–H groups in total. The standard InChI is InChI=1S/C16H25N5/c1-4-17-12(2)13-6-5-9-21(10-13)16-15-14(7-8-18-16)20(3)11-19-15/h7-8,11-13,17H,4-6,9-10H2,1-3H3. The van der Waals surface area contributed by atoms with Crippen molar-refractivity contribution in [3.8, 4) is 0 Å². The Bertz CT molecular complexity index is 606. The molecule has 0 radical (unpaired) electrons. The predicted octanol–water partition coefficient (Wildman–Crippen LogP) is 2.18. The second-order valence-corrected chi connectivity index (χ2v) is 6.05. The van der Waals surface area contributed by atoms with Crippen molar-refractivity contribution >= 4 is 16.9 Å². The Morgan fingerprint density at radius 2 is 2.29 bits per heavy atom. The van der Waals surface area contributed by atoms with Gasteiger partial charge in [-0.25, -0.2) is 9.97 Å². The minimum Gasteiger partial charge on any atom is -0.354 e. The average Bonchev–Trinajstić information content (AvgIpc) is 2.89. The van der Waals surface area contributed by atoms with Gasteiger partial charge in [0.1, 0.15) is 5.52 Å². The first kappa shape index (κ1) is 14.3. The number of hydrogen-bond acceptors (Lipinski definition) is 4. The normalized spacial score (nSPS) is 20.9. The zero-order chi connectivity index (χ0) is 14.8. The monoisotopic (exact) mass is 287 g/mol. The summed E-state index contributed by atoms with van der Waals surface area (Å²) < 4.78 is 2.06. The SMILES string of the molecule is CCNC(C)C1CCCN(c2nccc3c2ncn3C)C1. The highest BCUT2D eigenvalue weighted by molar-refractivity contribution is 5.86. The van der Waals surface area contributed by atoms with Crippen LogP contribution in [0, 0.1) is 5.92 Å². The second kappa shape index (κ2) is 6.02. The summed E-state index contributed by atoms with van der Waals surface area (Å²) in [4.78, 5) is 11.6. The van der Waals surface area contributed by atoms with Crippen molar-refractivity contribution < 1.29 is 0 Å². The molecule has 2 aromatic heterocycles. The summed E-state index contributed by atoms with van der Waals surface area (Å²) in [7, 11) is 2.03. The van der Waals surface area contributed by atoms with E-state index in [1.54, 1.807) is 0 Å². The molecule has 0 spiro atoms. The van der Waals surface area contributed by atoms with E-state index >= 15 is 0 Å². The van der Waals surface area contributed by atoms with Gasteiger partial charge in [0.15, 0.2) is 5.82 Å². The minimum atomic E-state index is 0.556. The molecular formula is C16H25N5. The first-order valence-corrected chi connectivity index (χ1v) is 7.95. The fourth-order valence-corrected chi connectivity index (χ4v) is 3.38. The molecule has 2 atom stereocenters. The number of aryl methyl sites for hydroxylation is 1. The Morgan fingerprint density at radius 3 is 3.10 bits per heavy atom. The van der Waals surface area contributed by atoms with Crippen LogP contribution in [0.15, 0.2) is 18.6 Å². The maximum absolute atomic E-state index is 4.61. The van der Waals surface area contributed by atoms with Gasteiger partial charge >= 0.3 is 0 Å². The number of imidazole rings is 1. The molecule has 0 aliphatic carbocycles. The van der Waals surface area contributed by atoms with Crippen LogP contribution < -0.4 is 10.2 Å². The predicted molar refractivity (Wildman–Crippen MR) is 86.6 cm³/mol. The van der Waals surface area contributed by atoms with Crippen molar-refractivity contribution in [2.45, 2.75) is 32.7 Å². The summed E-state index contributed by atoms with van der Waals surface area (Å²) in [5.41, 5.74) is 2.18. The molecule has 5 heteroatoms. The summed E-state index contributed by atoms with van der Waals surface area (Å²) >= 11 is 0. The molecule has 1 fully saturated rings. The van der Waals surface area contributed by atoms with E-state index in [1.807, 2.05) is 25.6 Å². The van der Waals surface area contributed by atoms with Crippen LogP contribution in [-0.2, 0) is 7.05 Å². The number of hydrogen-bond donors (Lipinski definition) is 1. The van der Waals surface area contributed by atoms with Gasteiger partial charge in [0.25, 0.3) is 0 Å². The fraction of sp³-hybridized carbons (Fsp3) is 0.625. The summed E-state index contributed by atoms with van der Waals surface area (Å²) in [6.45, 7) is 7.65. The average molecular weight is 287 g/mol. The third kappa shape index (κ3) is 2.75. The highest BCUT2D eigenvalue weighted by atomic mass is 15.2. The largest absolute Gasteiger partial charge is 0.354 e. The summed E-state index contributed by atoms with van der Waals surface area (Å²) in [6, 6.07) is 2.59. The lowest BCUT2D eigenvalue weighted by molar-refractivity contribution is 0.323. The molecule has 0 bridgehead atoms. The maximum atomic E-state index is 4.61. The van der Waals surface area contributed by atoms with Crippen LogP contribution in [-0.4, -0.2) is 40.2 Å². The topological polar surface area (TPSA) is 46.0 Å². The molecule has 1 aliphatic rings. The van der Waals surface area contributed by atoms with Crippen LogP contribution in [0.2, 0.25) is 0 Å². The van der Waals surface area contributed by atoms with E-state index in [1.165, 1.54) is 12.8 Å². The second-order valence-electron chi connectivity index (χ2n) is 6.05. The van der Waals surface area contributed by atoms with E-state index in [2.05, 4.69) is 38.6 Å². The number of aromatic nitrogens is 3. The van der Waals surface area contributed by atoms with E-state index in [0.717, 1.165) is 36.5 Å². The third-order valence-corrected chi connectivity index (χ3v) is 4.61.